The Morgan fingerprint density at radius 2 is 2.06 bits per heavy atom. The van der Waals surface area contributed by atoms with Crippen molar-refractivity contribution in [3.8, 4) is 0 Å². The molecule has 5 nitrogen and oxygen atoms in total. The normalized spacial score (nSPS) is 18.4. The van der Waals surface area contributed by atoms with E-state index >= 15 is 0 Å². The molecule has 1 atom stereocenters. The molecule has 2 N–H and O–H groups in total. The number of amides is 2. The maximum absolute atomic E-state index is 11.8. The van der Waals surface area contributed by atoms with Crippen molar-refractivity contribution in [1.82, 2.24) is 10.9 Å². The lowest BCUT2D eigenvalue weighted by atomic mass is 10.1. The molecule has 0 aromatic heterocycles. The van der Waals surface area contributed by atoms with Gasteiger partial charge in [0.2, 0.25) is 0 Å². The Morgan fingerprint density at radius 3 is 2.72 bits per heavy atom. The molecule has 1 heterocycles. The minimum Gasteiger partial charge on any atom is -0.368 e. The van der Waals surface area contributed by atoms with Crippen molar-refractivity contribution in [2.75, 3.05) is 6.61 Å². The lowest BCUT2D eigenvalue weighted by Crippen LogP contribution is -2.46. The molecule has 5 heteroatoms. The van der Waals surface area contributed by atoms with E-state index in [9.17, 15) is 9.59 Å². The molecule has 18 heavy (non-hydrogen) atoms. The van der Waals surface area contributed by atoms with Gasteiger partial charge in [0.15, 0.2) is 0 Å². The van der Waals surface area contributed by atoms with Crippen LogP contribution in [-0.4, -0.2) is 24.5 Å². The molecule has 0 saturated carbocycles. The first-order valence-electron chi connectivity index (χ1n) is 5.96. The summed E-state index contributed by atoms with van der Waals surface area (Å²) in [6.07, 6.45) is 1.14. The maximum Gasteiger partial charge on any atom is 0.269 e. The van der Waals surface area contributed by atoms with Crippen molar-refractivity contribution in [3.05, 3.63) is 35.4 Å². The molecule has 0 radical (unpaired) electrons. The van der Waals surface area contributed by atoms with Gasteiger partial charge in [-0.25, -0.2) is 0 Å². The van der Waals surface area contributed by atoms with Crippen molar-refractivity contribution < 1.29 is 14.3 Å². The standard InChI is InChI=1S/C13H16N2O3/c1-9-5-2-3-6-10(9)12(16)14-15-13(17)11-7-4-8-18-11/h2-3,5-6,11H,4,7-8H2,1H3,(H,14,16)(H,15,17). The third-order valence-corrected chi connectivity index (χ3v) is 2.91. The predicted molar refractivity (Wildman–Crippen MR) is 65.8 cm³/mol. The number of carbonyl (C=O) groups is 2. The smallest absolute Gasteiger partial charge is 0.269 e. The van der Waals surface area contributed by atoms with Crippen molar-refractivity contribution in [3.63, 3.8) is 0 Å². The zero-order chi connectivity index (χ0) is 13.0. The summed E-state index contributed by atoms with van der Waals surface area (Å²) in [4.78, 5) is 23.4. The fraction of sp³-hybridized carbons (Fsp3) is 0.385. The van der Waals surface area contributed by atoms with Crippen molar-refractivity contribution in [1.29, 1.82) is 0 Å². The molecular weight excluding hydrogens is 232 g/mol. The topological polar surface area (TPSA) is 67.4 Å². The Hall–Kier alpha value is -1.88. The molecule has 0 aliphatic carbocycles. The van der Waals surface area contributed by atoms with Crippen LogP contribution in [0.5, 0.6) is 0 Å². The first kappa shape index (κ1) is 12.6. The number of carbonyl (C=O) groups excluding carboxylic acids is 2. The third-order valence-electron chi connectivity index (χ3n) is 2.91. The van der Waals surface area contributed by atoms with E-state index in [-0.39, 0.29) is 11.8 Å². The number of benzene rings is 1. The number of nitrogens with one attached hydrogen (secondary N) is 2. The van der Waals surface area contributed by atoms with Gasteiger partial charge in [0, 0.05) is 12.2 Å². The van der Waals surface area contributed by atoms with Crippen LogP contribution in [0.3, 0.4) is 0 Å². The van der Waals surface area contributed by atoms with Gasteiger partial charge < -0.3 is 4.74 Å². The van der Waals surface area contributed by atoms with Crippen molar-refractivity contribution >= 4 is 11.8 Å². The minimum absolute atomic E-state index is 0.297. The second kappa shape index (κ2) is 5.64. The Kier molecular flexibility index (Phi) is 3.94. The van der Waals surface area contributed by atoms with E-state index in [0.717, 1.165) is 12.0 Å². The molecule has 0 spiro atoms. The van der Waals surface area contributed by atoms with Gasteiger partial charge in [0.25, 0.3) is 11.8 Å². The van der Waals surface area contributed by atoms with Crippen LogP contribution in [0.1, 0.15) is 28.8 Å². The van der Waals surface area contributed by atoms with Crippen LogP contribution in [0.2, 0.25) is 0 Å². The summed E-state index contributed by atoms with van der Waals surface area (Å²) in [5, 5.41) is 0. The van der Waals surface area contributed by atoms with Gasteiger partial charge in [-0.2, -0.15) is 0 Å². The van der Waals surface area contributed by atoms with Crippen molar-refractivity contribution in [2.45, 2.75) is 25.9 Å². The Balaban J connectivity index is 1.88. The molecular formula is C13H16N2O3. The van der Waals surface area contributed by atoms with E-state index in [1.165, 1.54) is 0 Å². The molecule has 2 rings (SSSR count). The third kappa shape index (κ3) is 2.87. The van der Waals surface area contributed by atoms with Gasteiger partial charge in [-0.15, -0.1) is 0 Å². The molecule has 1 aromatic rings. The molecule has 1 saturated heterocycles. The number of hydrazine groups is 1. The summed E-state index contributed by atoms with van der Waals surface area (Å²) < 4.78 is 5.21. The molecule has 1 fully saturated rings. The van der Waals surface area contributed by atoms with Gasteiger partial charge in [0.05, 0.1) is 0 Å². The van der Waals surface area contributed by atoms with Gasteiger partial charge in [-0.3, -0.25) is 20.4 Å². The first-order chi connectivity index (χ1) is 8.68. The van der Waals surface area contributed by atoms with Crippen LogP contribution >= 0.6 is 0 Å². The molecule has 96 valence electrons. The lowest BCUT2D eigenvalue weighted by molar-refractivity contribution is -0.130. The molecule has 2 amide bonds. The van der Waals surface area contributed by atoms with E-state index in [2.05, 4.69) is 10.9 Å². The number of ether oxygens (including phenoxy) is 1. The first-order valence-corrected chi connectivity index (χ1v) is 5.96. The van der Waals surface area contributed by atoms with Crippen LogP contribution in [0.25, 0.3) is 0 Å². The monoisotopic (exact) mass is 248 g/mol. The minimum atomic E-state index is -0.442. The fourth-order valence-corrected chi connectivity index (χ4v) is 1.88. The zero-order valence-corrected chi connectivity index (χ0v) is 10.2. The second-order valence-corrected chi connectivity index (χ2v) is 4.26. The molecule has 1 unspecified atom stereocenters. The highest BCUT2D eigenvalue weighted by Crippen LogP contribution is 2.11. The highest BCUT2D eigenvalue weighted by atomic mass is 16.5. The van der Waals surface area contributed by atoms with Gasteiger partial charge in [-0.05, 0) is 31.4 Å². The summed E-state index contributed by atoms with van der Waals surface area (Å²) in [6, 6.07) is 7.20. The van der Waals surface area contributed by atoms with Gasteiger partial charge in [-0.1, -0.05) is 18.2 Å². The SMILES string of the molecule is Cc1ccccc1C(=O)NNC(=O)C1CCCO1. The Labute approximate surface area is 105 Å². The van der Waals surface area contributed by atoms with E-state index in [1.807, 2.05) is 19.1 Å². The van der Waals surface area contributed by atoms with Crippen LogP contribution in [-0.2, 0) is 9.53 Å². The van der Waals surface area contributed by atoms with Crippen LogP contribution in [0, 0.1) is 6.92 Å². The number of aryl methyl sites for hydroxylation is 1. The van der Waals surface area contributed by atoms with E-state index in [0.29, 0.717) is 18.6 Å². The van der Waals surface area contributed by atoms with Crippen LogP contribution < -0.4 is 10.9 Å². The highest BCUT2D eigenvalue weighted by Gasteiger charge is 2.23. The quantitative estimate of drug-likeness (QED) is 0.765. The van der Waals surface area contributed by atoms with E-state index in [1.54, 1.807) is 12.1 Å². The van der Waals surface area contributed by atoms with Crippen LogP contribution in [0.4, 0.5) is 0 Å². The zero-order valence-electron chi connectivity index (χ0n) is 10.2. The highest BCUT2D eigenvalue weighted by molar-refractivity contribution is 5.96. The second-order valence-electron chi connectivity index (χ2n) is 4.26. The van der Waals surface area contributed by atoms with Crippen molar-refractivity contribution in [2.24, 2.45) is 0 Å². The average molecular weight is 248 g/mol. The number of hydrogen-bond donors (Lipinski definition) is 2. The van der Waals surface area contributed by atoms with Crippen LogP contribution in [0.15, 0.2) is 24.3 Å². The summed E-state index contributed by atoms with van der Waals surface area (Å²) >= 11 is 0. The summed E-state index contributed by atoms with van der Waals surface area (Å²) in [6.45, 7) is 2.45. The molecule has 1 aromatic carbocycles. The predicted octanol–water partition coefficient (Wildman–Crippen LogP) is 0.935. The van der Waals surface area contributed by atoms with E-state index in [4.69, 9.17) is 4.74 Å². The van der Waals surface area contributed by atoms with Gasteiger partial charge in [0.1, 0.15) is 6.10 Å². The number of hydrogen-bond acceptors (Lipinski definition) is 3. The summed E-state index contributed by atoms with van der Waals surface area (Å²) in [7, 11) is 0. The average Bonchev–Trinajstić information content (AvgIpc) is 2.90. The number of rotatable bonds is 2. The lowest BCUT2D eigenvalue weighted by Gasteiger charge is -2.12. The fourth-order valence-electron chi connectivity index (χ4n) is 1.88. The Morgan fingerprint density at radius 1 is 1.28 bits per heavy atom. The molecule has 1 aliphatic heterocycles. The van der Waals surface area contributed by atoms with Gasteiger partial charge >= 0.3 is 0 Å². The summed E-state index contributed by atoms with van der Waals surface area (Å²) in [5.74, 6) is -0.617. The van der Waals surface area contributed by atoms with E-state index < -0.39 is 6.10 Å². The Bertz CT molecular complexity index is 453. The molecule has 0 bridgehead atoms. The largest absolute Gasteiger partial charge is 0.368 e. The summed E-state index contributed by atoms with van der Waals surface area (Å²) in [5.41, 5.74) is 6.19. The maximum atomic E-state index is 11.8. The molecule has 1 aliphatic rings.